The van der Waals surface area contributed by atoms with Crippen LogP contribution in [0.25, 0.3) is 0 Å². The van der Waals surface area contributed by atoms with Gasteiger partial charge in [0.25, 0.3) is 0 Å². The monoisotopic (exact) mass is 380 g/mol. The van der Waals surface area contributed by atoms with Crippen LogP contribution in [0.1, 0.15) is 38.5 Å². The number of amides is 2. The Morgan fingerprint density at radius 3 is 2.56 bits per heavy atom. The molecule has 1 aliphatic heterocycles. The number of nitrogens with one attached hydrogen (secondary N) is 1. The molecule has 2 N–H and O–H groups in total. The summed E-state index contributed by atoms with van der Waals surface area (Å²) in [6.45, 7) is 0.00402. The molecule has 1 atom stereocenters. The number of hydrogen-bond donors (Lipinski definition) is 2. The number of carboxylic acids is 1. The predicted molar refractivity (Wildman–Crippen MR) is 93.0 cm³/mol. The van der Waals surface area contributed by atoms with E-state index in [2.05, 4.69) is 5.32 Å². The normalized spacial score (nSPS) is 21.9. The van der Waals surface area contributed by atoms with Crippen molar-refractivity contribution in [2.75, 3.05) is 18.0 Å². The van der Waals surface area contributed by atoms with E-state index >= 15 is 0 Å². The van der Waals surface area contributed by atoms with E-state index in [1.807, 2.05) is 0 Å². The molecule has 0 aromatic heterocycles. The van der Waals surface area contributed by atoms with Crippen LogP contribution in [0.15, 0.2) is 18.2 Å². The summed E-state index contributed by atoms with van der Waals surface area (Å²) in [5, 5.41) is 12.2. The number of halogens is 2. The van der Waals surface area contributed by atoms with Gasteiger partial charge in [-0.1, -0.05) is 19.3 Å². The topological polar surface area (TPSA) is 86.7 Å². The molecule has 0 bridgehead atoms. The SMILES string of the molecule is O=C(NCC1(C(=O)O)CCCCC1)C1CC(=O)N(c2ccc(F)cc2F)C1. The third-order valence-corrected chi connectivity index (χ3v) is 5.56. The van der Waals surface area contributed by atoms with Gasteiger partial charge in [0.2, 0.25) is 11.8 Å². The van der Waals surface area contributed by atoms with Crippen LogP contribution in [0.3, 0.4) is 0 Å². The highest BCUT2D eigenvalue weighted by Crippen LogP contribution is 2.36. The lowest BCUT2D eigenvalue weighted by molar-refractivity contribution is -0.151. The van der Waals surface area contributed by atoms with E-state index in [0.717, 1.165) is 30.2 Å². The van der Waals surface area contributed by atoms with Crippen LogP contribution in [0.2, 0.25) is 0 Å². The number of rotatable bonds is 5. The van der Waals surface area contributed by atoms with Crippen LogP contribution in [-0.2, 0) is 14.4 Å². The van der Waals surface area contributed by atoms with Crippen molar-refractivity contribution in [2.24, 2.45) is 11.3 Å². The van der Waals surface area contributed by atoms with Gasteiger partial charge in [0, 0.05) is 25.6 Å². The molecular weight excluding hydrogens is 358 g/mol. The maximum Gasteiger partial charge on any atom is 0.311 e. The average molecular weight is 380 g/mol. The fraction of sp³-hybridized carbons (Fsp3) is 0.526. The standard InChI is InChI=1S/C19H22F2N2O4/c20-13-4-5-15(14(21)9-13)23-10-12(8-16(23)24)17(25)22-11-19(18(26)27)6-2-1-3-7-19/h4-5,9,12H,1-3,6-8,10-11H2,(H,22,25)(H,26,27). The van der Waals surface area contributed by atoms with Crippen LogP contribution in [0.4, 0.5) is 14.5 Å². The third-order valence-electron chi connectivity index (χ3n) is 5.56. The van der Waals surface area contributed by atoms with Crippen LogP contribution in [-0.4, -0.2) is 36.0 Å². The Morgan fingerprint density at radius 2 is 1.93 bits per heavy atom. The van der Waals surface area contributed by atoms with Crippen LogP contribution >= 0.6 is 0 Å². The van der Waals surface area contributed by atoms with Crippen molar-refractivity contribution >= 4 is 23.5 Å². The zero-order chi connectivity index (χ0) is 19.6. The van der Waals surface area contributed by atoms with Gasteiger partial charge >= 0.3 is 5.97 Å². The van der Waals surface area contributed by atoms with Gasteiger partial charge in [0.1, 0.15) is 11.6 Å². The zero-order valence-corrected chi connectivity index (χ0v) is 14.8. The van der Waals surface area contributed by atoms with Gasteiger partial charge < -0.3 is 15.3 Å². The van der Waals surface area contributed by atoms with E-state index in [1.165, 1.54) is 6.07 Å². The number of carbonyl (C=O) groups excluding carboxylic acids is 2. The van der Waals surface area contributed by atoms with E-state index in [1.54, 1.807) is 0 Å². The smallest absolute Gasteiger partial charge is 0.311 e. The molecule has 1 unspecified atom stereocenters. The molecule has 2 aliphatic rings. The molecule has 1 saturated carbocycles. The average Bonchev–Trinajstić information content (AvgIpc) is 3.02. The largest absolute Gasteiger partial charge is 0.481 e. The molecule has 2 amide bonds. The molecule has 1 heterocycles. The van der Waals surface area contributed by atoms with Crippen molar-refractivity contribution in [3.8, 4) is 0 Å². The highest BCUT2D eigenvalue weighted by atomic mass is 19.1. The van der Waals surface area contributed by atoms with E-state index < -0.39 is 40.8 Å². The van der Waals surface area contributed by atoms with Crippen LogP contribution in [0, 0.1) is 23.0 Å². The highest BCUT2D eigenvalue weighted by Gasteiger charge is 2.41. The summed E-state index contributed by atoms with van der Waals surface area (Å²) < 4.78 is 27.0. The number of benzene rings is 1. The van der Waals surface area contributed by atoms with Crippen molar-refractivity contribution in [2.45, 2.75) is 38.5 Å². The van der Waals surface area contributed by atoms with Gasteiger partial charge in [0.15, 0.2) is 0 Å². The maximum absolute atomic E-state index is 13.9. The Kier molecular flexibility index (Phi) is 5.43. The lowest BCUT2D eigenvalue weighted by Gasteiger charge is -2.33. The minimum Gasteiger partial charge on any atom is -0.481 e. The molecule has 1 aromatic rings. The Labute approximate surface area is 155 Å². The van der Waals surface area contributed by atoms with Gasteiger partial charge in [-0.15, -0.1) is 0 Å². The first kappa shape index (κ1) is 19.3. The van der Waals surface area contributed by atoms with Gasteiger partial charge in [0.05, 0.1) is 17.0 Å². The summed E-state index contributed by atoms with van der Waals surface area (Å²) in [5.74, 6) is -4.07. The van der Waals surface area contributed by atoms with Crippen molar-refractivity contribution < 1.29 is 28.3 Å². The van der Waals surface area contributed by atoms with E-state index in [4.69, 9.17) is 0 Å². The van der Waals surface area contributed by atoms with Gasteiger partial charge in [-0.3, -0.25) is 14.4 Å². The van der Waals surface area contributed by atoms with Gasteiger partial charge in [-0.05, 0) is 25.0 Å². The van der Waals surface area contributed by atoms with Crippen LogP contribution < -0.4 is 10.2 Å². The molecule has 1 aromatic carbocycles. The third kappa shape index (κ3) is 3.94. The Balaban J connectivity index is 1.64. The fourth-order valence-electron chi connectivity index (χ4n) is 3.91. The lowest BCUT2D eigenvalue weighted by atomic mass is 9.74. The molecule has 3 rings (SSSR count). The summed E-state index contributed by atoms with van der Waals surface area (Å²) in [5.41, 5.74) is -1.02. The number of nitrogens with zero attached hydrogens (tertiary/aromatic N) is 1. The molecule has 146 valence electrons. The second kappa shape index (κ2) is 7.62. The highest BCUT2D eigenvalue weighted by molar-refractivity contribution is 6.00. The molecule has 6 nitrogen and oxygen atoms in total. The Bertz CT molecular complexity index is 762. The molecule has 0 spiro atoms. The second-order valence-corrected chi connectivity index (χ2v) is 7.37. The quantitative estimate of drug-likeness (QED) is 0.822. The first-order chi connectivity index (χ1) is 12.8. The van der Waals surface area contributed by atoms with E-state index in [0.29, 0.717) is 18.9 Å². The lowest BCUT2D eigenvalue weighted by Crippen LogP contribution is -2.46. The summed E-state index contributed by atoms with van der Waals surface area (Å²) >= 11 is 0. The summed E-state index contributed by atoms with van der Waals surface area (Å²) in [7, 11) is 0. The number of hydrogen-bond acceptors (Lipinski definition) is 3. The molecule has 1 aliphatic carbocycles. The first-order valence-electron chi connectivity index (χ1n) is 9.09. The number of carboxylic acid groups (broad SMARTS) is 1. The summed E-state index contributed by atoms with van der Waals surface area (Å²) in [4.78, 5) is 37.5. The molecule has 0 radical (unpaired) electrons. The van der Waals surface area contributed by atoms with Gasteiger partial charge in [-0.25, -0.2) is 8.78 Å². The van der Waals surface area contributed by atoms with Crippen molar-refractivity contribution in [3.63, 3.8) is 0 Å². The van der Waals surface area contributed by atoms with E-state index in [9.17, 15) is 28.3 Å². The number of anilines is 1. The maximum atomic E-state index is 13.9. The number of aliphatic carboxylic acids is 1. The first-order valence-corrected chi connectivity index (χ1v) is 9.09. The summed E-state index contributed by atoms with van der Waals surface area (Å²) in [6, 6.07) is 2.92. The van der Waals surface area contributed by atoms with Crippen LogP contribution in [0.5, 0.6) is 0 Å². The summed E-state index contributed by atoms with van der Waals surface area (Å²) in [6.07, 6.45) is 3.53. The van der Waals surface area contributed by atoms with Crippen molar-refractivity contribution in [1.82, 2.24) is 5.32 Å². The molecule has 2 fully saturated rings. The molecule has 1 saturated heterocycles. The minimum absolute atomic E-state index is 0.0205. The second-order valence-electron chi connectivity index (χ2n) is 7.37. The fourth-order valence-corrected chi connectivity index (χ4v) is 3.91. The van der Waals surface area contributed by atoms with E-state index in [-0.39, 0.29) is 25.2 Å². The Hall–Kier alpha value is -2.51. The minimum atomic E-state index is -0.959. The predicted octanol–water partition coefficient (Wildman–Crippen LogP) is 2.47. The molecular formula is C19H22F2N2O4. The van der Waals surface area contributed by atoms with Crippen molar-refractivity contribution in [3.05, 3.63) is 29.8 Å². The zero-order valence-electron chi connectivity index (χ0n) is 14.8. The van der Waals surface area contributed by atoms with Crippen molar-refractivity contribution in [1.29, 1.82) is 0 Å². The van der Waals surface area contributed by atoms with Gasteiger partial charge in [-0.2, -0.15) is 0 Å². The molecule has 8 heteroatoms. The molecule has 27 heavy (non-hydrogen) atoms. The Morgan fingerprint density at radius 1 is 1.22 bits per heavy atom. The number of carbonyl (C=O) groups is 3.